The summed E-state index contributed by atoms with van der Waals surface area (Å²) in [5.41, 5.74) is 19.8. The first kappa shape index (κ1) is 38.3. The van der Waals surface area contributed by atoms with E-state index in [1.807, 2.05) is 11.3 Å². The quantitative estimate of drug-likeness (QED) is 0.154. The highest BCUT2D eigenvalue weighted by Crippen LogP contribution is 2.69. The van der Waals surface area contributed by atoms with Crippen LogP contribution in [-0.4, -0.2) is 0 Å². The van der Waals surface area contributed by atoms with Crippen LogP contribution in [0.2, 0.25) is 0 Å². The molecular weight excluding hydrogens is 815 g/mol. The van der Waals surface area contributed by atoms with Gasteiger partial charge in [-0.25, -0.2) is 0 Å². The zero-order valence-corrected chi connectivity index (χ0v) is 37.7. The predicted octanol–water partition coefficient (Wildman–Crippen LogP) is 17.9. The van der Waals surface area contributed by atoms with Gasteiger partial charge in [-0.05, 0) is 171 Å². The molecule has 0 unspecified atom stereocenters. The molecule has 4 fully saturated rings. The SMILES string of the molecule is c1ccc(-c2ccc(N(c3ccc(-c4ccccc4-c4ccc5c(c4)-c4ccccc4C54C5CC6CC(C5)CC4C6)cc3)c3ccc(-c4cccc5c4sc4ccccc45)cc3)cc2)cc1. The van der Waals surface area contributed by atoms with Crippen LogP contribution >= 0.6 is 11.3 Å². The topological polar surface area (TPSA) is 3.24 Å². The summed E-state index contributed by atoms with van der Waals surface area (Å²) in [6, 6.07) is 79.7. The summed E-state index contributed by atoms with van der Waals surface area (Å²) in [6.07, 6.45) is 7.12. The second kappa shape index (κ2) is 15.0. The summed E-state index contributed by atoms with van der Waals surface area (Å²) in [5, 5.41) is 2.65. The number of hydrogen-bond acceptors (Lipinski definition) is 2. The van der Waals surface area contributed by atoms with E-state index >= 15 is 0 Å². The molecular formula is C64H49NS. The van der Waals surface area contributed by atoms with Gasteiger partial charge in [-0.2, -0.15) is 0 Å². The van der Waals surface area contributed by atoms with Crippen molar-refractivity contribution in [2.75, 3.05) is 4.90 Å². The number of nitrogens with zero attached hydrogens (tertiary/aromatic N) is 1. The summed E-state index contributed by atoms with van der Waals surface area (Å²) in [7, 11) is 0. The van der Waals surface area contributed by atoms with Gasteiger partial charge in [0.2, 0.25) is 0 Å². The Labute approximate surface area is 391 Å². The average molecular weight is 864 g/mol. The van der Waals surface area contributed by atoms with Crippen molar-refractivity contribution in [3.8, 4) is 55.6 Å². The van der Waals surface area contributed by atoms with Crippen molar-refractivity contribution in [1.29, 1.82) is 0 Å². The maximum Gasteiger partial charge on any atom is 0.0462 e. The molecule has 316 valence electrons. The van der Waals surface area contributed by atoms with Crippen LogP contribution in [0.1, 0.15) is 43.2 Å². The fraction of sp³-hybridized carbons (Fsp3) is 0.156. The maximum atomic E-state index is 2.56. The fourth-order valence-electron chi connectivity index (χ4n) is 13.7. The van der Waals surface area contributed by atoms with Gasteiger partial charge >= 0.3 is 0 Å². The van der Waals surface area contributed by atoms with Gasteiger partial charge in [-0.3, -0.25) is 0 Å². The Kier molecular flexibility index (Phi) is 8.71. The summed E-state index contributed by atoms with van der Waals surface area (Å²) in [4.78, 5) is 2.39. The van der Waals surface area contributed by atoms with Gasteiger partial charge in [0.15, 0.2) is 0 Å². The van der Waals surface area contributed by atoms with Gasteiger partial charge in [-0.15, -0.1) is 11.3 Å². The van der Waals surface area contributed by atoms with Crippen LogP contribution in [0, 0.1) is 23.7 Å². The third kappa shape index (κ3) is 5.84. The monoisotopic (exact) mass is 863 g/mol. The Hall–Kier alpha value is -7.00. The summed E-state index contributed by atoms with van der Waals surface area (Å²) in [5.74, 6) is 3.43. The molecule has 15 rings (SSSR count). The molecule has 1 heterocycles. The third-order valence-corrected chi connectivity index (χ3v) is 17.5. The first-order valence-corrected chi connectivity index (χ1v) is 24.9. The molecule has 1 nitrogen and oxygen atoms in total. The highest BCUT2D eigenvalue weighted by molar-refractivity contribution is 7.26. The van der Waals surface area contributed by atoms with Crippen LogP contribution in [0.15, 0.2) is 212 Å². The van der Waals surface area contributed by atoms with Gasteiger partial charge < -0.3 is 4.90 Å². The van der Waals surface area contributed by atoms with Crippen molar-refractivity contribution in [1.82, 2.24) is 0 Å². The Balaban J connectivity index is 0.831. The molecule has 9 aromatic carbocycles. The van der Waals surface area contributed by atoms with E-state index in [1.54, 1.807) is 11.1 Å². The predicted molar refractivity (Wildman–Crippen MR) is 279 cm³/mol. The molecule has 0 aliphatic heterocycles. The van der Waals surface area contributed by atoms with E-state index in [0.717, 1.165) is 40.7 Å². The average Bonchev–Trinajstić information content (AvgIpc) is 3.90. The Morgan fingerprint density at radius 2 is 0.833 bits per heavy atom. The molecule has 0 saturated heterocycles. The van der Waals surface area contributed by atoms with Crippen molar-refractivity contribution < 1.29 is 0 Å². The van der Waals surface area contributed by atoms with Crippen molar-refractivity contribution in [2.45, 2.75) is 37.5 Å². The highest BCUT2D eigenvalue weighted by Gasteiger charge is 2.61. The van der Waals surface area contributed by atoms with Crippen molar-refractivity contribution in [2.24, 2.45) is 23.7 Å². The number of rotatable bonds is 7. The van der Waals surface area contributed by atoms with E-state index < -0.39 is 0 Å². The molecule has 5 aliphatic rings. The van der Waals surface area contributed by atoms with E-state index in [4.69, 9.17) is 0 Å². The smallest absolute Gasteiger partial charge is 0.0462 e. The molecule has 2 heteroatoms. The minimum Gasteiger partial charge on any atom is -0.311 e. The lowest BCUT2D eigenvalue weighted by Crippen LogP contribution is -2.55. The zero-order chi connectivity index (χ0) is 43.3. The van der Waals surface area contributed by atoms with Crippen LogP contribution in [0.4, 0.5) is 17.1 Å². The Bertz CT molecular complexity index is 3440. The standard InChI is InChI=1S/C64H49NS/c1-2-11-43(12-3-1)44-21-28-50(29-22-44)65(52-32-25-46(26-33-52)55-17-10-18-58-57-16-7-9-20-62(57)66-63(55)58)51-30-23-45(24-31-51)53-13-4-5-14-54(53)47-27-34-61-59(40-47)56-15-6-8-19-60(56)64(61)48-36-41-35-42(38-48)39-49(64)37-41/h1-34,40-42,48-49H,35-39H2. The van der Waals surface area contributed by atoms with E-state index in [-0.39, 0.29) is 5.41 Å². The second-order valence-corrected chi connectivity index (χ2v) is 20.7. The molecule has 0 radical (unpaired) electrons. The number of anilines is 3. The summed E-state index contributed by atoms with van der Waals surface area (Å²) in [6.45, 7) is 0. The zero-order valence-electron chi connectivity index (χ0n) is 36.9. The van der Waals surface area contributed by atoms with Crippen LogP contribution < -0.4 is 4.90 Å². The summed E-state index contributed by atoms with van der Waals surface area (Å²) >= 11 is 1.89. The molecule has 0 N–H and O–H groups in total. The lowest BCUT2D eigenvalue weighted by molar-refractivity contribution is -0.0399. The highest BCUT2D eigenvalue weighted by atomic mass is 32.1. The van der Waals surface area contributed by atoms with Crippen LogP contribution in [-0.2, 0) is 5.41 Å². The lowest BCUT2D eigenvalue weighted by Gasteiger charge is -2.61. The van der Waals surface area contributed by atoms with E-state index in [0.29, 0.717) is 0 Å². The Morgan fingerprint density at radius 3 is 1.52 bits per heavy atom. The van der Waals surface area contributed by atoms with Crippen molar-refractivity contribution >= 4 is 48.6 Å². The van der Waals surface area contributed by atoms with Crippen LogP contribution in [0.3, 0.4) is 0 Å². The molecule has 4 bridgehead atoms. The summed E-state index contributed by atoms with van der Waals surface area (Å²) < 4.78 is 2.67. The third-order valence-electron chi connectivity index (χ3n) is 16.3. The van der Waals surface area contributed by atoms with E-state index in [2.05, 4.69) is 217 Å². The largest absolute Gasteiger partial charge is 0.311 e. The lowest BCUT2D eigenvalue weighted by atomic mass is 9.43. The first-order chi connectivity index (χ1) is 32.7. The van der Waals surface area contributed by atoms with E-state index in [1.165, 1.54) is 108 Å². The fourth-order valence-corrected chi connectivity index (χ4v) is 15.0. The van der Waals surface area contributed by atoms with Crippen LogP contribution in [0.5, 0.6) is 0 Å². The van der Waals surface area contributed by atoms with Gasteiger partial charge in [0.25, 0.3) is 0 Å². The van der Waals surface area contributed by atoms with Gasteiger partial charge in [0, 0.05) is 42.6 Å². The van der Waals surface area contributed by atoms with Crippen LogP contribution in [0.25, 0.3) is 75.8 Å². The molecule has 5 aliphatic carbocycles. The first-order valence-electron chi connectivity index (χ1n) is 24.1. The normalized spacial score (nSPS) is 21.1. The molecule has 66 heavy (non-hydrogen) atoms. The number of benzene rings is 9. The maximum absolute atomic E-state index is 2.56. The van der Waals surface area contributed by atoms with Gasteiger partial charge in [0.1, 0.15) is 0 Å². The van der Waals surface area contributed by atoms with Gasteiger partial charge in [0.05, 0.1) is 0 Å². The second-order valence-electron chi connectivity index (χ2n) is 19.6. The number of fused-ring (bicyclic) bond motifs is 6. The molecule has 0 atom stereocenters. The molecule has 10 aromatic rings. The number of hydrogen-bond donors (Lipinski definition) is 0. The number of thiophene rings is 1. The van der Waals surface area contributed by atoms with Crippen molar-refractivity contribution in [3.63, 3.8) is 0 Å². The minimum atomic E-state index is 0.189. The molecule has 0 amide bonds. The Morgan fingerprint density at radius 1 is 0.348 bits per heavy atom. The van der Waals surface area contributed by atoms with E-state index in [9.17, 15) is 0 Å². The molecule has 1 spiro atoms. The molecule has 4 saturated carbocycles. The van der Waals surface area contributed by atoms with Gasteiger partial charge in [-0.1, -0.05) is 164 Å². The minimum absolute atomic E-state index is 0.189. The molecule has 1 aromatic heterocycles. The van der Waals surface area contributed by atoms with Crippen molar-refractivity contribution in [3.05, 3.63) is 223 Å².